The first kappa shape index (κ1) is 14.4. The minimum atomic E-state index is -4.66. The summed E-state index contributed by atoms with van der Waals surface area (Å²) in [6, 6.07) is 5.78. The zero-order valence-electron chi connectivity index (χ0n) is 9.23. The van der Waals surface area contributed by atoms with Gasteiger partial charge in [0.1, 0.15) is 0 Å². The number of hydrogen-bond acceptors (Lipinski definition) is 3. The molecule has 0 aliphatic rings. The van der Waals surface area contributed by atoms with Gasteiger partial charge < -0.3 is 5.11 Å². The molecule has 0 radical (unpaired) electrons. The lowest BCUT2D eigenvalue weighted by Crippen LogP contribution is -2.20. The van der Waals surface area contributed by atoms with Crippen molar-refractivity contribution in [3.63, 3.8) is 0 Å². The van der Waals surface area contributed by atoms with Crippen molar-refractivity contribution >= 4 is 15.7 Å². The number of hydrogen-bond donors (Lipinski definition) is 2. The van der Waals surface area contributed by atoms with Crippen LogP contribution < -0.4 is 4.72 Å². The summed E-state index contributed by atoms with van der Waals surface area (Å²) in [5.41, 5.74) is 0.490. The van der Waals surface area contributed by atoms with Crippen LogP contribution in [0.4, 0.5) is 14.5 Å². The van der Waals surface area contributed by atoms with Gasteiger partial charge in [0.05, 0.1) is 6.61 Å². The Labute approximate surface area is 104 Å². The average molecular weight is 275 g/mol. The Hall–Kier alpha value is -1.65. The van der Waals surface area contributed by atoms with E-state index < -0.39 is 15.8 Å². The first-order valence-corrected chi connectivity index (χ1v) is 6.50. The maximum Gasteiger partial charge on any atom is 0.355 e. The van der Waals surface area contributed by atoms with E-state index in [0.29, 0.717) is 5.56 Å². The summed E-state index contributed by atoms with van der Waals surface area (Å²) in [4.78, 5) is 0. The van der Waals surface area contributed by atoms with Crippen LogP contribution in [-0.4, -0.2) is 25.9 Å². The van der Waals surface area contributed by atoms with Crippen LogP contribution in [0.5, 0.6) is 0 Å². The molecule has 2 N–H and O–H groups in total. The molecular formula is C11H11F2NO3S. The SMILES string of the molecule is O=S(=O)(Nc1cccc(C#CCCO)c1)C(F)F. The van der Waals surface area contributed by atoms with Gasteiger partial charge in [-0.15, -0.1) is 0 Å². The van der Waals surface area contributed by atoms with E-state index in [1.165, 1.54) is 18.2 Å². The van der Waals surface area contributed by atoms with Crippen LogP contribution in [0.2, 0.25) is 0 Å². The third kappa shape index (κ3) is 4.31. The zero-order chi connectivity index (χ0) is 13.6. The molecule has 0 saturated heterocycles. The highest BCUT2D eigenvalue weighted by Gasteiger charge is 2.23. The zero-order valence-corrected chi connectivity index (χ0v) is 10.0. The molecular weight excluding hydrogens is 264 g/mol. The van der Waals surface area contributed by atoms with Gasteiger partial charge in [-0.2, -0.15) is 8.78 Å². The van der Waals surface area contributed by atoms with Gasteiger partial charge in [0.15, 0.2) is 0 Å². The summed E-state index contributed by atoms with van der Waals surface area (Å²) in [5, 5.41) is 8.54. The van der Waals surface area contributed by atoms with Crippen molar-refractivity contribution in [1.82, 2.24) is 0 Å². The Morgan fingerprint density at radius 2 is 2.11 bits per heavy atom. The van der Waals surface area contributed by atoms with Crippen LogP contribution in [0.1, 0.15) is 12.0 Å². The molecule has 1 rings (SSSR count). The number of alkyl halides is 2. The largest absolute Gasteiger partial charge is 0.395 e. The third-order valence-corrected chi connectivity index (χ3v) is 2.82. The van der Waals surface area contributed by atoms with Gasteiger partial charge in [0, 0.05) is 17.7 Å². The normalized spacial score (nSPS) is 10.9. The lowest BCUT2D eigenvalue weighted by molar-refractivity contribution is 0.236. The van der Waals surface area contributed by atoms with Gasteiger partial charge in [-0.3, -0.25) is 4.72 Å². The molecule has 0 aromatic heterocycles. The second-order valence-electron chi connectivity index (χ2n) is 3.26. The van der Waals surface area contributed by atoms with Crippen molar-refractivity contribution in [1.29, 1.82) is 0 Å². The van der Waals surface area contributed by atoms with E-state index in [0.717, 1.165) is 0 Å². The molecule has 0 aliphatic heterocycles. The number of aliphatic hydroxyl groups is 1. The van der Waals surface area contributed by atoms with E-state index in [9.17, 15) is 17.2 Å². The van der Waals surface area contributed by atoms with Crippen molar-refractivity contribution in [3.05, 3.63) is 29.8 Å². The summed E-state index contributed by atoms with van der Waals surface area (Å²) in [5.74, 6) is 1.82. The van der Waals surface area contributed by atoms with Gasteiger partial charge in [-0.05, 0) is 18.2 Å². The van der Waals surface area contributed by atoms with Crippen LogP contribution in [-0.2, 0) is 10.0 Å². The Kier molecular flexibility index (Phi) is 5.07. The molecule has 0 fully saturated rings. The van der Waals surface area contributed by atoms with Crippen LogP contribution in [0.3, 0.4) is 0 Å². The average Bonchev–Trinajstić information content (AvgIpc) is 2.29. The van der Waals surface area contributed by atoms with E-state index >= 15 is 0 Å². The predicted octanol–water partition coefficient (Wildman–Crippen LogP) is 1.38. The monoisotopic (exact) mass is 275 g/mol. The quantitative estimate of drug-likeness (QED) is 0.816. The number of anilines is 1. The van der Waals surface area contributed by atoms with Crippen molar-refractivity contribution in [2.75, 3.05) is 11.3 Å². The molecule has 0 heterocycles. The predicted molar refractivity (Wildman–Crippen MR) is 63.6 cm³/mol. The number of nitrogens with one attached hydrogen (secondary N) is 1. The molecule has 0 bridgehead atoms. The molecule has 0 spiro atoms. The number of rotatable bonds is 4. The second-order valence-corrected chi connectivity index (χ2v) is 4.91. The smallest absolute Gasteiger partial charge is 0.355 e. The van der Waals surface area contributed by atoms with E-state index in [1.807, 2.05) is 0 Å². The first-order chi connectivity index (χ1) is 8.45. The van der Waals surface area contributed by atoms with E-state index in [-0.39, 0.29) is 18.7 Å². The van der Waals surface area contributed by atoms with Crippen molar-refractivity contribution in [3.8, 4) is 11.8 Å². The Morgan fingerprint density at radius 1 is 1.39 bits per heavy atom. The van der Waals surface area contributed by atoms with Gasteiger partial charge in [-0.25, -0.2) is 8.42 Å². The molecule has 1 aromatic carbocycles. The van der Waals surface area contributed by atoms with Gasteiger partial charge in [0.25, 0.3) is 10.0 Å². The summed E-state index contributed by atoms with van der Waals surface area (Å²) in [7, 11) is -4.66. The summed E-state index contributed by atoms with van der Waals surface area (Å²) in [6.07, 6.45) is 0.285. The van der Waals surface area contributed by atoms with Crippen molar-refractivity contribution in [2.45, 2.75) is 12.2 Å². The lowest BCUT2D eigenvalue weighted by Gasteiger charge is -2.06. The highest BCUT2D eigenvalue weighted by atomic mass is 32.2. The van der Waals surface area contributed by atoms with Gasteiger partial charge in [0.2, 0.25) is 0 Å². The van der Waals surface area contributed by atoms with E-state index in [1.54, 1.807) is 10.8 Å². The number of aliphatic hydroxyl groups excluding tert-OH is 1. The van der Waals surface area contributed by atoms with Crippen LogP contribution in [0, 0.1) is 11.8 Å². The van der Waals surface area contributed by atoms with E-state index in [2.05, 4.69) is 11.8 Å². The van der Waals surface area contributed by atoms with Crippen LogP contribution in [0.25, 0.3) is 0 Å². The molecule has 0 atom stereocenters. The minimum absolute atomic E-state index is 0.0195. The highest BCUT2D eigenvalue weighted by Crippen LogP contribution is 2.14. The number of sulfonamides is 1. The number of halogens is 2. The van der Waals surface area contributed by atoms with Crippen LogP contribution in [0.15, 0.2) is 24.3 Å². The minimum Gasteiger partial charge on any atom is -0.395 e. The lowest BCUT2D eigenvalue weighted by atomic mass is 10.2. The molecule has 0 saturated carbocycles. The number of benzene rings is 1. The molecule has 7 heteroatoms. The van der Waals surface area contributed by atoms with Crippen LogP contribution >= 0.6 is 0 Å². The molecule has 0 aliphatic carbocycles. The van der Waals surface area contributed by atoms with E-state index in [4.69, 9.17) is 5.11 Å². The molecule has 98 valence electrons. The molecule has 0 amide bonds. The summed E-state index contributed by atoms with van der Waals surface area (Å²) in [6.45, 7) is -0.0787. The molecule has 4 nitrogen and oxygen atoms in total. The maximum atomic E-state index is 12.1. The Balaban J connectivity index is 2.88. The topological polar surface area (TPSA) is 66.4 Å². The maximum absolute atomic E-state index is 12.1. The third-order valence-electron chi connectivity index (χ3n) is 1.83. The second kappa shape index (κ2) is 6.33. The summed E-state index contributed by atoms with van der Waals surface area (Å²) < 4.78 is 47.9. The molecule has 0 unspecified atom stereocenters. The fourth-order valence-corrected chi connectivity index (χ4v) is 1.63. The fraction of sp³-hybridized carbons (Fsp3) is 0.273. The molecule has 1 aromatic rings. The first-order valence-electron chi connectivity index (χ1n) is 4.95. The van der Waals surface area contributed by atoms with Gasteiger partial charge >= 0.3 is 5.76 Å². The van der Waals surface area contributed by atoms with Crippen molar-refractivity contribution < 1.29 is 22.3 Å². The molecule has 18 heavy (non-hydrogen) atoms. The Bertz CT molecular complexity index is 561. The highest BCUT2D eigenvalue weighted by molar-refractivity contribution is 7.93. The Morgan fingerprint density at radius 3 is 2.72 bits per heavy atom. The fourth-order valence-electron chi connectivity index (χ4n) is 1.09. The summed E-state index contributed by atoms with van der Waals surface area (Å²) >= 11 is 0. The van der Waals surface area contributed by atoms with Crippen molar-refractivity contribution in [2.24, 2.45) is 0 Å². The van der Waals surface area contributed by atoms with Gasteiger partial charge in [-0.1, -0.05) is 17.9 Å². The standard InChI is InChI=1S/C11H11F2NO3S/c12-11(13)18(16,17)14-10-6-3-5-9(8-10)4-1-2-7-15/h3,5-6,8,11,14-15H,2,7H2.